The summed E-state index contributed by atoms with van der Waals surface area (Å²) in [6.07, 6.45) is 3.19. The lowest BCUT2D eigenvalue weighted by Crippen LogP contribution is -2.07. The van der Waals surface area contributed by atoms with Gasteiger partial charge in [0, 0.05) is 0 Å². The third kappa shape index (κ3) is 5.84. The maximum Gasteiger partial charge on any atom is 0.338 e. The van der Waals surface area contributed by atoms with Gasteiger partial charge in [0.15, 0.2) is 0 Å². The van der Waals surface area contributed by atoms with Crippen LogP contribution in [0.2, 0.25) is 0 Å². The van der Waals surface area contributed by atoms with Gasteiger partial charge in [0.25, 0.3) is 0 Å². The van der Waals surface area contributed by atoms with Gasteiger partial charge in [-0.2, -0.15) is 0 Å². The standard InChI is InChI=1S/C28H26O6/c29-25-11-9-19-15-23(7-5-21(19)17-25)27(31)33-13-3-1-2-4-14-34-28(32)24-8-6-22-18-26(30)12-10-20(22)16-24/h5-12,15-18,29-30H,1-4,13-14H2. The number of carbonyl (C=O) groups is 2. The number of ether oxygens (including phenoxy) is 2. The maximum absolute atomic E-state index is 12.3. The van der Waals surface area contributed by atoms with Crippen molar-refractivity contribution in [2.45, 2.75) is 25.7 Å². The molecule has 4 aromatic rings. The first-order chi connectivity index (χ1) is 16.5. The molecular formula is C28H26O6. The molecular weight excluding hydrogens is 432 g/mol. The Morgan fingerprint density at radius 2 is 0.912 bits per heavy atom. The number of hydrogen-bond acceptors (Lipinski definition) is 6. The summed E-state index contributed by atoms with van der Waals surface area (Å²) in [5.41, 5.74) is 0.964. The van der Waals surface area contributed by atoms with Crippen molar-refractivity contribution in [2.24, 2.45) is 0 Å². The SMILES string of the molecule is O=C(OCCCCCCOC(=O)c1ccc2cc(O)ccc2c1)c1ccc2cc(O)ccc2c1. The Morgan fingerprint density at radius 1 is 0.529 bits per heavy atom. The number of rotatable bonds is 9. The highest BCUT2D eigenvalue weighted by atomic mass is 16.5. The molecule has 0 unspecified atom stereocenters. The van der Waals surface area contributed by atoms with Crippen LogP contribution in [0, 0.1) is 0 Å². The summed E-state index contributed by atoms with van der Waals surface area (Å²) >= 11 is 0. The summed E-state index contributed by atoms with van der Waals surface area (Å²) in [6.45, 7) is 0.664. The molecule has 0 radical (unpaired) electrons. The third-order valence-electron chi connectivity index (χ3n) is 5.62. The normalized spacial score (nSPS) is 10.9. The summed E-state index contributed by atoms with van der Waals surface area (Å²) < 4.78 is 10.7. The second kappa shape index (κ2) is 10.7. The van der Waals surface area contributed by atoms with E-state index in [0.29, 0.717) is 24.3 Å². The molecule has 0 aliphatic heterocycles. The smallest absolute Gasteiger partial charge is 0.338 e. The molecule has 4 rings (SSSR count). The quantitative estimate of drug-likeness (QED) is 0.237. The fourth-order valence-corrected chi connectivity index (χ4v) is 3.77. The zero-order valence-corrected chi connectivity index (χ0v) is 18.7. The van der Waals surface area contributed by atoms with Crippen molar-refractivity contribution in [2.75, 3.05) is 13.2 Å². The molecule has 0 bridgehead atoms. The second-order valence-corrected chi connectivity index (χ2v) is 8.18. The summed E-state index contributed by atoms with van der Waals surface area (Å²) in [6, 6.07) is 20.5. The summed E-state index contributed by atoms with van der Waals surface area (Å²) in [4.78, 5) is 24.5. The molecule has 0 heterocycles. The lowest BCUT2D eigenvalue weighted by atomic mass is 10.1. The number of unbranched alkanes of at least 4 members (excludes halogenated alkanes) is 3. The Hall–Kier alpha value is -4.06. The van der Waals surface area contributed by atoms with Crippen LogP contribution < -0.4 is 0 Å². The van der Waals surface area contributed by atoms with Crippen molar-refractivity contribution in [3.8, 4) is 11.5 Å². The molecule has 0 spiro atoms. The molecule has 4 aromatic carbocycles. The van der Waals surface area contributed by atoms with Crippen LogP contribution in [0.1, 0.15) is 46.4 Å². The molecule has 0 fully saturated rings. The lowest BCUT2D eigenvalue weighted by molar-refractivity contribution is 0.0474. The number of hydrogen-bond donors (Lipinski definition) is 2. The van der Waals surface area contributed by atoms with E-state index in [9.17, 15) is 19.8 Å². The Balaban J connectivity index is 1.12. The van der Waals surface area contributed by atoms with E-state index in [2.05, 4.69) is 0 Å². The highest BCUT2D eigenvalue weighted by molar-refractivity contribution is 5.96. The minimum atomic E-state index is -0.366. The minimum Gasteiger partial charge on any atom is -0.508 e. The molecule has 34 heavy (non-hydrogen) atoms. The van der Waals surface area contributed by atoms with Crippen LogP contribution in [0.15, 0.2) is 72.8 Å². The number of fused-ring (bicyclic) bond motifs is 2. The molecule has 0 atom stereocenters. The fourth-order valence-electron chi connectivity index (χ4n) is 3.77. The number of aromatic hydroxyl groups is 2. The Kier molecular flexibility index (Phi) is 7.28. The first-order valence-corrected chi connectivity index (χ1v) is 11.3. The van der Waals surface area contributed by atoms with Crippen molar-refractivity contribution < 1.29 is 29.3 Å². The van der Waals surface area contributed by atoms with Crippen LogP contribution in [0.5, 0.6) is 11.5 Å². The Morgan fingerprint density at radius 3 is 1.35 bits per heavy atom. The zero-order chi connectivity index (χ0) is 23.9. The van der Waals surface area contributed by atoms with Crippen LogP contribution in [-0.4, -0.2) is 35.4 Å². The van der Waals surface area contributed by atoms with Crippen molar-refractivity contribution in [3.05, 3.63) is 83.9 Å². The van der Waals surface area contributed by atoms with Gasteiger partial charge in [-0.3, -0.25) is 0 Å². The number of phenolic OH excluding ortho intramolecular Hbond substituents is 2. The van der Waals surface area contributed by atoms with Crippen LogP contribution in [0.4, 0.5) is 0 Å². The molecule has 2 N–H and O–H groups in total. The monoisotopic (exact) mass is 458 g/mol. The maximum atomic E-state index is 12.3. The summed E-state index contributed by atoms with van der Waals surface area (Å²) in [5, 5.41) is 22.5. The number of carbonyl (C=O) groups excluding carboxylic acids is 2. The number of benzene rings is 4. The molecule has 6 nitrogen and oxygen atoms in total. The van der Waals surface area contributed by atoms with Crippen molar-refractivity contribution >= 4 is 33.5 Å². The van der Waals surface area contributed by atoms with E-state index in [1.54, 1.807) is 72.8 Å². The van der Waals surface area contributed by atoms with Crippen molar-refractivity contribution in [3.63, 3.8) is 0 Å². The van der Waals surface area contributed by atoms with Crippen LogP contribution in [0.25, 0.3) is 21.5 Å². The molecule has 0 aliphatic carbocycles. The fraction of sp³-hybridized carbons (Fsp3) is 0.214. The van der Waals surface area contributed by atoms with Crippen LogP contribution in [0.3, 0.4) is 0 Å². The van der Waals surface area contributed by atoms with Crippen molar-refractivity contribution in [1.29, 1.82) is 0 Å². The molecule has 6 heteroatoms. The summed E-state index contributed by atoms with van der Waals surface area (Å²) in [7, 11) is 0. The summed E-state index contributed by atoms with van der Waals surface area (Å²) in [5.74, 6) is -0.356. The average molecular weight is 459 g/mol. The van der Waals surface area contributed by atoms with Gasteiger partial charge in [0.2, 0.25) is 0 Å². The zero-order valence-electron chi connectivity index (χ0n) is 18.7. The van der Waals surface area contributed by atoms with Gasteiger partial charge in [-0.05, 0) is 95.8 Å². The highest BCUT2D eigenvalue weighted by Crippen LogP contribution is 2.22. The topological polar surface area (TPSA) is 93.1 Å². The first-order valence-electron chi connectivity index (χ1n) is 11.3. The minimum absolute atomic E-state index is 0.188. The van der Waals surface area contributed by atoms with E-state index < -0.39 is 0 Å². The Bertz CT molecular complexity index is 1220. The number of esters is 2. The van der Waals surface area contributed by atoms with Gasteiger partial charge >= 0.3 is 11.9 Å². The molecule has 0 saturated carbocycles. The average Bonchev–Trinajstić information content (AvgIpc) is 2.84. The van der Waals surface area contributed by atoms with Gasteiger partial charge in [-0.15, -0.1) is 0 Å². The molecule has 0 aliphatic rings. The van der Waals surface area contributed by atoms with E-state index in [4.69, 9.17) is 9.47 Å². The Labute approximate surface area is 197 Å². The first kappa shape index (κ1) is 23.1. The van der Waals surface area contributed by atoms with E-state index >= 15 is 0 Å². The van der Waals surface area contributed by atoms with Crippen LogP contribution in [-0.2, 0) is 9.47 Å². The van der Waals surface area contributed by atoms with E-state index in [0.717, 1.165) is 47.2 Å². The second-order valence-electron chi connectivity index (χ2n) is 8.18. The molecule has 0 aromatic heterocycles. The third-order valence-corrected chi connectivity index (χ3v) is 5.62. The molecule has 0 amide bonds. The number of phenols is 2. The van der Waals surface area contributed by atoms with Gasteiger partial charge in [0.05, 0.1) is 24.3 Å². The highest BCUT2D eigenvalue weighted by Gasteiger charge is 2.09. The van der Waals surface area contributed by atoms with Crippen LogP contribution >= 0.6 is 0 Å². The predicted molar refractivity (Wildman–Crippen MR) is 130 cm³/mol. The van der Waals surface area contributed by atoms with Gasteiger partial charge < -0.3 is 19.7 Å². The van der Waals surface area contributed by atoms with Gasteiger partial charge in [-0.1, -0.05) is 24.3 Å². The van der Waals surface area contributed by atoms with Gasteiger partial charge in [-0.25, -0.2) is 9.59 Å². The lowest BCUT2D eigenvalue weighted by Gasteiger charge is -2.07. The molecule has 0 saturated heterocycles. The van der Waals surface area contributed by atoms with Crippen molar-refractivity contribution in [1.82, 2.24) is 0 Å². The van der Waals surface area contributed by atoms with E-state index in [1.807, 2.05) is 0 Å². The largest absolute Gasteiger partial charge is 0.508 e. The predicted octanol–water partition coefficient (Wildman–Crippen LogP) is 5.98. The molecule has 174 valence electrons. The van der Waals surface area contributed by atoms with Gasteiger partial charge in [0.1, 0.15) is 11.5 Å². The van der Waals surface area contributed by atoms with E-state index in [1.165, 1.54) is 0 Å². The van der Waals surface area contributed by atoms with E-state index in [-0.39, 0.29) is 23.4 Å².